The second kappa shape index (κ2) is 6.30. The van der Waals surface area contributed by atoms with E-state index in [1.54, 1.807) is 0 Å². The van der Waals surface area contributed by atoms with E-state index in [2.05, 4.69) is 10.3 Å². The number of carbonyl (C=O) groups excluding carboxylic acids is 1. The Morgan fingerprint density at radius 1 is 1.20 bits per heavy atom. The van der Waals surface area contributed by atoms with Crippen molar-refractivity contribution in [1.82, 2.24) is 4.98 Å². The first kappa shape index (κ1) is 14.2. The molecule has 2 aromatic rings. The van der Waals surface area contributed by atoms with Crippen molar-refractivity contribution >= 4 is 11.6 Å². The smallest absolute Gasteiger partial charge is 0.241 e. The molecule has 1 atom stereocenters. The fraction of sp³-hybridized carbons (Fsp3) is 0.250. The molecule has 4 heteroatoms. The maximum absolute atomic E-state index is 12.1. The molecule has 2 rings (SSSR count). The van der Waals surface area contributed by atoms with Gasteiger partial charge in [0, 0.05) is 5.69 Å². The number of pyridine rings is 1. The molecule has 1 heterocycles. The largest absolute Gasteiger partial charge is 0.323 e. The lowest BCUT2D eigenvalue weighted by Crippen LogP contribution is -2.37. The second-order valence-corrected chi connectivity index (χ2v) is 4.87. The number of carbonyl (C=O) groups is 1. The van der Waals surface area contributed by atoms with E-state index in [1.807, 2.05) is 56.3 Å². The predicted molar refractivity (Wildman–Crippen MR) is 80.5 cm³/mol. The first-order valence-electron chi connectivity index (χ1n) is 6.61. The van der Waals surface area contributed by atoms with Crippen molar-refractivity contribution < 1.29 is 4.79 Å². The van der Waals surface area contributed by atoms with Crippen LogP contribution in [-0.2, 0) is 11.2 Å². The summed E-state index contributed by atoms with van der Waals surface area (Å²) in [5.74, 6) is -0.192. The molecule has 0 aliphatic rings. The van der Waals surface area contributed by atoms with Crippen LogP contribution in [-0.4, -0.2) is 16.9 Å². The summed E-state index contributed by atoms with van der Waals surface area (Å²) in [5.41, 5.74) is 9.43. The summed E-state index contributed by atoms with van der Waals surface area (Å²) >= 11 is 0. The Morgan fingerprint density at radius 3 is 2.55 bits per heavy atom. The minimum Gasteiger partial charge on any atom is -0.323 e. The van der Waals surface area contributed by atoms with Crippen molar-refractivity contribution in [2.45, 2.75) is 26.3 Å². The minimum atomic E-state index is -0.571. The van der Waals surface area contributed by atoms with Gasteiger partial charge in [-0.25, -0.2) is 0 Å². The summed E-state index contributed by atoms with van der Waals surface area (Å²) in [6, 6.07) is 12.9. The third kappa shape index (κ3) is 3.65. The monoisotopic (exact) mass is 269 g/mol. The number of aryl methyl sites for hydroxylation is 2. The Hall–Kier alpha value is -2.20. The van der Waals surface area contributed by atoms with Crippen LogP contribution in [0.4, 0.5) is 5.69 Å². The van der Waals surface area contributed by atoms with E-state index in [0.29, 0.717) is 12.1 Å². The maximum Gasteiger partial charge on any atom is 0.241 e. The third-order valence-electron chi connectivity index (χ3n) is 3.12. The number of nitrogens with two attached hydrogens (primary N) is 1. The molecule has 0 bridgehead atoms. The average Bonchev–Trinajstić information content (AvgIpc) is 2.43. The van der Waals surface area contributed by atoms with E-state index in [1.165, 1.54) is 0 Å². The maximum atomic E-state index is 12.1. The molecule has 0 fully saturated rings. The topological polar surface area (TPSA) is 68.0 Å². The fourth-order valence-electron chi connectivity index (χ4n) is 2.00. The molecule has 1 amide bonds. The molecule has 0 saturated heterocycles. The van der Waals surface area contributed by atoms with Crippen molar-refractivity contribution in [1.29, 1.82) is 0 Å². The highest BCUT2D eigenvalue weighted by Gasteiger charge is 2.15. The molecular formula is C16H19N3O. The van der Waals surface area contributed by atoms with Gasteiger partial charge in [-0.3, -0.25) is 9.78 Å². The van der Waals surface area contributed by atoms with Gasteiger partial charge in [0.25, 0.3) is 0 Å². The highest BCUT2D eigenvalue weighted by atomic mass is 16.2. The first-order chi connectivity index (χ1) is 9.56. The van der Waals surface area contributed by atoms with Crippen molar-refractivity contribution in [2.75, 3.05) is 5.32 Å². The van der Waals surface area contributed by atoms with E-state index in [0.717, 1.165) is 17.0 Å². The van der Waals surface area contributed by atoms with Crippen molar-refractivity contribution in [3.05, 3.63) is 59.4 Å². The minimum absolute atomic E-state index is 0.192. The van der Waals surface area contributed by atoms with E-state index in [-0.39, 0.29) is 5.91 Å². The van der Waals surface area contributed by atoms with E-state index >= 15 is 0 Å². The Morgan fingerprint density at radius 2 is 1.90 bits per heavy atom. The summed E-state index contributed by atoms with van der Waals surface area (Å²) in [5, 5.41) is 2.83. The molecule has 0 saturated carbocycles. The summed E-state index contributed by atoms with van der Waals surface area (Å²) in [6.07, 6.45) is 0.519. The van der Waals surface area contributed by atoms with Gasteiger partial charge in [0.2, 0.25) is 5.91 Å². The van der Waals surface area contributed by atoms with Crippen LogP contribution in [0.3, 0.4) is 0 Å². The fourth-order valence-corrected chi connectivity index (χ4v) is 2.00. The van der Waals surface area contributed by atoms with Gasteiger partial charge in [0.05, 0.1) is 17.4 Å². The van der Waals surface area contributed by atoms with Gasteiger partial charge in [0.1, 0.15) is 0 Å². The average molecular weight is 269 g/mol. The number of benzene rings is 1. The molecule has 20 heavy (non-hydrogen) atoms. The van der Waals surface area contributed by atoms with Crippen molar-refractivity contribution in [3.8, 4) is 0 Å². The molecule has 4 nitrogen and oxygen atoms in total. The standard InChI is InChI=1S/C16H19N3O/c1-11-8-9-15(12(2)18-11)19-16(20)14(17)10-13-6-4-3-5-7-13/h3-9,14H,10,17H2,1-2H3,(H,19,20)/t14-/m0/s1. The van der Waals surface area contributed by atoms with Gasteiger partial charge < -0.3 is 11.1 Å². The van der Waals surface area contributed by atoms with E-state index in [9.17, 15) is 4.79 Å². The van der Waals surface area contributed by atoms with E-state index in [4.69, 9.17) is 5.73 Å². The van der Waals surface area contributed by atoms with Crippen LogP contribution >= 0.6 is 0 Å². The number of hydrogen-bond acceptors (Lipinski definition) is 3. The van der Waals surface area contributed by atoms with Gasteiger partial charge in [-0.05, 0) is 38.0 Å². The summed E-state index contributed by atoms with van der Waals surface area (Å²) in [4.78, 5) is 16.4. The normalized spacial score (nSPS) is 11.9. The van der Waals surface area contributed by atoms with Crippen LogP contribution in [0.15, 0.2) is 42.5 Å². The molecule has 0 aliphatic carbocycles. The zero-order chi connectivity index (χ0) is 14.5. The summed E-state index contributed by atoms with van der Waals surface area (Å²) in [7, 11) is 0. The molecule has 0 aliphatic heterocycles. The molecule has 0 unspecified atom stereocenters. The van der Waals surface area contributed by atoms with Crippen LogP contribution < -0.4 is 11.1 Å². The highest BCUT2D eigenvalue weighted by molar-refractivity contribution is 5.95. The zero-order valence-electron chi connectivity index (χ0n) is 11.8. The van der Waals surface area contributed by atoms with Gasteiger partial charge in [-0.2, -0.15) is 0 Å². The molecular weight excluding hydrogens is 250 g/mol. The van der Waals surface area contributed by atoms with Gasteiger partial charge >= 0.3 is 0 Å². The van der Waals surface area contributed by atoms with Crippen LogP contribution in [0.5, 0.6) is 0 Å². The lowest BCUT2D eigenvalue weighted by atomic mass is 10.1. The number of aromatic nitrogens is 1. The number of amides is 1. The SMILES string of the molecule is Cc1ccc(NC(=O)[C@@H](N)Cc2ccccc2)c(C)n1. The van der Waals surface area contributed by atoms with Crippen LogP contribution in [0.1, 0.15) is 17.0 Å². The number of nitrogens with zero attached hydrogens (tertiary/aromatic N) is 1. The zero-order valence-corrected chi connectivity index (χ0v) is 11.8. The second-order valence-electron chi connectivity index (χ2n) is 4.87. The first-order valence-corrected chi connectivity index (χ1v) is 6.61. The Kier molecular flexibility index (Phi) is 4.48. The van der Waals surface area contributed by atoms with Gasteiger partial charge in [-0.15, -0.1) is 0 Å². The molecule has 1 aromatic heterocycles. The van der Waals surface area contributed by atoms with E-state index < -0.39 is 6.04 Å². The molecule has 1 aromatic carbocycles. The van der Waals surface area contributed by atoms with Crippen LogP contribution in [0, 0.1) is 13.8 Å². The summed E-state index contributed by atoms with van der Waals surface area (Å²) in [6.45, 7) is 3.78. The number of nitrogens with one attached hydrogen (secondary N) is 1. The number of rotatable bonds is 4. The quantitative estimate of drug-likeness (QED) is 0.894. The lowest BCUT2D eigenvalue weighted by Gasteiger charge is -2.13. The summed E-state index contributed by atoms with van der Waals surface area (Å²) < 4.78 is 0. The van der Waals surface area contributed by atoms with Crippen molar-refractivity contribution in [2.24, 2.45) is 5.73 Å². The Balaban J connectivity index is 2.01. The predicted octanol–water partition coefficient (Wildman–Crippen LogP) is 2.21. The molecule has 0 radical (unpaired) electrons. The molecule has 0 spiro atoms. The van der Waals surface area contributed by atoms with Crippen molar-refractivity contribution in [3.63, 3.8) is 0 Å². The van der Waals surface area contributed by atoms with Gasteiger partial charge in [0.15, 0.2) is 0 Å². The third-order valence-corrected chi connectivity index (χ3v) is 3.12. The van der Waals surface area contributed by atoms with Gasteiger partial charge in [-0.1, -0.05) is 30.3 Å². The molecule has 3 N–H and O–H groups in total. The Bertz CT molecular complexity index is 596. The number of hydrogen-bond donors (Lipinski definition) is 2. The van der Waals surface area contributed by atoms with Crippen LogP contribution in [0.2, 0.25) is 0 Å². The number of anilines is 1. The molecule has 104 valence electrons. The highest BCUT2D eigenvalue weighted by Crippen LogP contribution is 2.13. The lowest BCUT2D eigenvalue weighted by molar-refractivity contribution is -0.117. The van der Waals surface area contributed by atoms with Crippen LogP contribution in [0.25, 0.3) is 0 Å². The Labute approximate surface area is 119 Å².